The van der Waals surface area contributed by atoms with Crippen molar-refractivity contribution < 1.29 is 0 Å². The van der Waals surface area contributed by atoms with Crippen LogP contribution < -0.4 is 0 Å². The molecule has 0 bridgehead atoms. The second-order valence-electron chi connectivity index (χ2n) is 8.82. The fourth-order valence-corrected chi connectivity index (χ4v) is 4.74. The van der Waals surface area contributed by atoms with Crippen molar-refractivity contribution in [1.82, 2.24) is 0 Å². The van der Waals surface area contributed by atoms with Gasteiger partial charge >= 0.3 is 0 Å². The fraction of sp³-hybridized carbons (Fsp3) is 0.355. The van der Waals surface area contributed by atoms with Crippen molar-refractivity contribution >= 4 is 33.4 Å². The third-order valence-electron chi connectivity index (χ3n) is 6.42. The lowest BCUT2D eigenvalue weighted by Crippen LogP contribution is -1.95. The Balaban J connectivity index is 1.76. The van der Waals surface area contributed by atoms with Crippen LogP contribution >= 0.6 is 12.2 Å². The molecule has 0 radical (unpaired) electrons. The van der Waals surface area contributed by atoms with Crippen LogP contribution in [0.15, 0.2) is 66.9 Å². The Morgan fingerprint density at radius 3 is 2.22 bits per heavy atom. The first-order valence-corrected chi connectivity index (χ1v) is 12.5. The molecule has 0 amide bonds. The molecule has 0 aliphatic rings. The molecule has 32 heavy (non-hydrogen) atoms. The van der Waals surface area contributed by atoms with Crippen LogP contribution in [-0.4, -0.2) is 4.86 Å². The Bertz CT molecular complexity index is 1110. The molecule has 0 atom stereocenters. The van der Waals surface area contributed by atoms with E-state index in [0.29, 0.717) is 0 Å². The van der Waals surface area contributed by atoms with E-state index in [1.807, 2.05) is 6.92 Å². The summed E-state index contributed by atoms with van der Waals surface area (Å²) in [5.74, 6) is 0. The zero-order chi connectivity index (χ0) is 22.9. The highest BCUT2D eigenvalue weighted by atomic mass is 32.1. The van der Waals surface area contributed by atoms with E-state index < -0.39 is 0 Å². The van der Waals surface area contributed by atoms with Gasteiger partial charge in [0.25, 0.3) is 0 Å². The summed E-state index contributed by atoms with van der Waals surface area (Å²) in [5, 5.41) is 2.54. The number of hydrogen-bond donors (Lipinski definition) is 0. The number of benzene rings is 3. The molecular formula is C31H36S. The van der Waals surface area contributed by atoms with E-state index >= 15 is 0 Å². The minimum atomic E-state index is 0.942. The number of unbranched alkanes of at least 4 members (excludes halogenated alkanes) is 6. The van der Waals surface area contributed by atoms with Crippen molar-refractivity contribution in [2.24, 2.45) is 0 Å². The zero-order valence-corrected chi connectivity index (χ0v) is 20.8. The highest BCUT2D eigenvalue weighted by molar-refractivity contribution is 7.80. The van der Waals surface area contributed by atoms with Crippen LogP contribution in [0.4, 0.5) is 0 Å². The van der Waals surface area contributed by atoms with E-state index in [2.05, 4.69) is 80.8 Å². The molecule has 3 aromatic carbocycles. The SMILES string of the molecule is C=C=C(CCCCCCCCC)c1ccc(-c2ccc(C)c3c(C(C)=S)cccc23)cc1. The molecule has 0 aliphatic heterocycles. The number of allylic oxidation sites excluding steroid dienone is 1. The first kappa shape index (κ1) is 24.2. The van der Waals surface area contributed by atoms with E-state index in [1.54, 1.807) is 0 Å². The zero-order valence-electron chi connectivity index (χ0n) is 20.0. The summed E-state index contributed by atoms with van der Waals surface area (Å²) in [5.41, 5.74) is 10.6. The Morgan fingerprint density at radius 1 is 0.875 bits per heavy atom. The second-order valence-corrected chi connectivity index (χ2v) is 9.43. The van der Waals surface area contributed by atoms with Crippen molar-refractivity contribution in [3.05, 3.63) is 83.6 Å². The highest BCUT2D eigenvalue weighted by Gasteiger charge is 2.11. The average Bonchev–Trinajstić information content (AvgIpc) is 2.81. The van der Waals surface area contributed by atoms with Gasteiger partial charge in [0.05, 0.1) is 0 Å². The minimum absolute atomic E-state index is 0.942. The van der Waals surface area contributed by atoms with Crippen LogP contribution in [0, 0.1) is 6.92 Å². The van der Waals surface area contributed by atoms with Gasteiger partial charge in [0, 0.05) is 10.4 Å². The average molecular weight is 441 g/mol. The van der Waals surface area contributed by atoms with Gasteiger partial charge in [0.15, 0.2) is 0 Å². The number of rotatable bonds is 11. The summed E-state index contributed by atoms with van der Waals surface area (Å²) in [6.45, 7) is 10.4. The van der Waals surface area contributed by atoms with Crippen molar-refractivity contribution in [3.8, 4) is 11.1 Å². The van der Waals surface area contributed by atoms with Crippen LogP contribution in [0.25, 0.3) is 27.5 Å². The molecule has 0 aliphatic carbocycles. The Morgan fingerprint density at radius 2 is 1.56 bits per heavy atom. The van der Waals surface area contributed by atoms with Crippen LogP contribution in [0.2, 0.25) is 0 Å². The summed E-state index contributed by atoms with van der Waals surface area (Å²) in [6, 6.07) is 19.8. The molecule has 0 saturated carbocycles. The van der Waals surface area contributed by atoms with Crippen molar-refractivity contribution in [2.45, 2.75) is 72.1 Å². The third kappa shape index (κ3) is 5.85. The molecule has 166 valence electrons. The molecule has 1 heteroatoms. The number of thiocarbonyl (C=S) groups is 1. The van der Waals surface area contributed by atoms with Crippen molar-refractivity contribution in [2.75, 3.05) is 0 Å². The van der Waals surface area contributed by atoms with Gasteiger partial charge in [0.1, 0.15) is 0 Å². The molecule has 0 N–H and O–H groups in total. The lowest BCUT2D eigenvalue weighted by atomic mass is 9.91. The molecule has 3 aromatic rings. The molecule has 0 saturated heterocycles. The standard InChI is InChI=1S/C31H36S/c1-5-7-8-9-10-11-12-14-25(6-2)26-18-20-27(21-19-26)29-22-17-23(3)31-28(24(4)32)15-13-16-30(29)31/h13,15-22H,2,5,7-12,14H2,1,3-4H3. The molecule has 0 nitrogen and oxygen atoms in total. The van der Waals surface area contributed by atoms with Gasteiger partial charge in [-0.25, -0.2) is 0 Å². The van der Waals surface area contributed by atoms with Crippen molar-refractivity contribution in [1.29, 1.82) is 0 Å². The van der Waals surface area contributed by atoms with E-state index in [0.717, 1.165) is 11.3 Å². The minimum Gasteiger partial charge on any atom is -0.125 e. The lowest BCUT2D eigenvalue weighted by Gasteiger charge is -2.14. The van der Waals surface area contributed by atoms with E-state index in [1.165, 1.54) is 89.1 Å². The van der Waals surface area contributed by atoms with E-state index in [9.17, 15) is 0 Å². The molecule has 0 spiro atoms. The van der Waals surface area contributed by atoms with E-state index in [4.69, 9.17) is 12.2 Å². The van der Waals surface area contributed by atoms with Crippen LogP contribution in [0.5, 0.6) is 0 Å². The molecular weight excluding hydrogens is 404 g/mol. The molecule has 0 aromatic heterocycles. The Labute approximate surface area is 200 Å². The van der Waals surface area contributed by atoms with Crippen LogP contribution in [0.3, 0.4) is 0 Å². The van der Waals surface area contributed by atoms with Gasteiger partial charge in [-0.05, 0) is 65.3 Å². The monoisotopic (exact) mass is 440 g/mol. The Kier molecular flexibility index (Phi) is 9.03. The summed E-state index contributed by atoms with van der Waals surface area (Å²) >= 11 is 5.52. The van der Waals surface area contributed by atoms with Gasteiger partial charge < -0.3 is 0 Å². The summed E-state index contributed by atoms with van der Waals surface area (Å²) < 4.78 is 0. The molecule has 3 rings (SSSR count). The van der Waals surface area contributed by atoms with Gasteiger partial charge in [-0.1, -0.05) is 119 Å². The molecule has 0 fully saturated rings. The topological polar surface area (TPSA) is 0 Å². The number of fused-ring (bicyclic) bond motifs is 1. The predicted molar refractivity (Wildman–Crippen MR) is 147 cm³/mol. The quantitative estimate of drug-likeness (QED) is 0.124. The lowest BCUT2D eigenvalue weighted by molar-refractivity contribution is 0.594. The maximum absolute atomic E-state index is 5.52. The molecule has 0 heterocycles. The smallest absolute Gasteiger partial charge is 0.0199 e. The van der Waals surface area contributed by atoms with Gasteiger partial charge in [-0.3, -0.25) is 0 Å². The second kappa shape index (κ2) is 12.0. The normalized spacial score (nSPS) is 10.8. The molecule has 0 unspecified atom stereocenters. The Hall–Kier alpha value is -2.47. The number of hydrogen-bond acceptors (Lipinski definition) is 1. The van der Waals surface area contributed by atoms with Crippen LogP contribution in [0.1, 0.15) is 81.9 Å². The first-order valence-electron chi connectivity index (χ1n) is 12.1. The number of aryl methyl sites for hydroxylation is 1. The van der Waals surface area contributed by atoms with Gasteiger partial charge in [0.2, 0.25) is 0 Å². The highest BCUT2D eigenvalue weighted by Crippen LogP contribution is 2.34. The van der Waals surface area contributed by atoms with E-state index in [-0.39, 0.29) is 0 Å². The first-order chi connectivity index (χ1) is 15.6. The van der Waals surface area contributed by atoms with Crippen LogP contribution in [-0.2, 0) is 0 Å². The summed E-state index contributed by atoms with van der Waals surface area (Å²) in [6.07, 6.45) is 10.3. The largest absolute Gasteiger partial charge is 0.125 e. The maximum Gasteiger partial charge on any atom is 0.0199 e. The fourth-order valence-electron chi connectivity index (χ4n) is 4.57. The maximum atomic E-state index is 5.52. The predicted octanol–water partition coefficient (Wildman–Crippen LogP) is 9.86. The third-order valence-corrected chi connectivity index (χ3v) is 6.64. The van der Waals surface area contributed by atoms with Crippen molar-refractivity contribution in [3.63, 3.8) is 0 Å². The van der Waals surface area contributed by atoms with Gasteiger partial charge in [-0.15, -0.1) is 5.73 Å². The summed E-state index contributed by atoms with van der Waals surface area (Å²) in [7, 11) is 0. The van der Waals surface area contributed by atoms with Gasteiger partial charge in [-0.2, -0.15) is 0 Å². The summed E-state index contributed by atoms with van der Waals surface area (Å²) in [4.78, 5) is 0.942.